The van der Waals surface area contributed by atoms with Crippen LogP contribution in [0.3, 0.4) is 0 Å². The lowest BCUT2D eigenvalue weighted by Crippen LogP contribution is -2.37. The van der Waals surface area contributed by atoms with Crippen molar-refractivity contribution in [2.45, 2.75) is 37.8 Å². The Morgan fingerprint density at radius 2 is 2.00 bits per heavy atom. The maximum Gasteiger partial charge on any atom is 0.0772 e. The van der Waals surface area contributed by atoms with Gasteiger partial charge in [0.1, 0.15) is 0 Å². The lowest BCUT2D eigenvalue weighted by Gasteiger charge is -2.32. The van der Waals surface area contributed by atoms with E-state index in [0.717, 1.165) is 29.7 Å². The molecule has 1 aliphatic rings. The van der Waals surface area contributed by atoms with Gasteiger partial charge in [-0.1, -0.05) is 50.3 Å². The molecule has 0 heterocycles. The first-order chi connectivity index (χ1) is 9.30. The predicted molar refractivity (Wildman–Crippen MR) is 83.3 cm³/mol. The summed E-state index contributed by atoms with van der Waals surface area (Å²) in [5.41, 5.74) is 3.36. The lowest BCUT2D eigenvalue weighted by molar-refractivity contribution is 0.0606. The third-order valence-corrected chi connectivity index (χ3v) is 3.91. The number of nitrogens with one attached hydrogen (secondary N) is 1. The van der Waals surface area contributed by atoms with E-state index >= 15 is 0 Å². The summed E-state index contributed by atoms with van der Waals surface area (Å²) >= 11 is 0. The molecule has 1 saturated carbocycles. The van der Waals surface area contributed by atoms with Gasteiger partial charge in [0.25, 0.3) is 0 Å². The third-order valence-electron chi connectivity index (χ3n) is 3.91. The van der Waals surface area contributed by atoms with E-state index in [2.05, 4.69) is 36.7 Å². The van der Waals surface area contributed by atoms with Gasteiger partial charge in [0.2, 0.25) is 0 Å². The Morgan fingerprint density at radius 1 is 1.21 bits per heavy atom. The van der Waals surface area contributed by atoms with Crippen molar-refractivity contribution in [2.75, 3.05) is 12.4 Å². The first-order valence-electron chi connectivity index (χ1n) is 6.97. The fourth-order valence-electron chi connectivity index (χ4n) is 2.86. The molecule has 19 heavy (non-hydrogen) atoms. The molecule has 0 amide bonds. The molecule has 1 aromatic carbocycles. The highest BCUT2D eigenvalue weighted by Crippen LogP contribution is 2.28. The van der Waals surface area contributed by atoms with Crippen LogP contribution in [-0.2, 0) is 4.74 Å². The summed E-state index contributed by atoms with van der Waals surface area (Å²) in [7, 11) is 1.80. The molecule has 1 N–H and O–H groups in total. The van der Waals surface area contributed by atoms with Gasteiger partial charge >= 0.3 is 0 Å². The van der Waals surface area contributed by atoms with Crippen molar-refractivity contribution in [2.24, 2.45) is 0 Å². The van der Waals surface area contributed by atoms with Gasteiger partial charge in [-0.2, -0.15) is 0 Å². The number of rotatable bonds is 5. The molecule has 0 bridgehead atoms. The highest BCUT2D eigenvalue weighted by molar-refractivity contribution is 5.75. The molecule has 1 aromatic rings. The molecule has 0 spiro atoms. The third kappa shape index (κ3) is 3.07. The van der Waals surface area contributed by atoms with Crippen LogP contribution in [-0.4, -0.2) is 19.3 Å². The summed E-state index contributed by atoms with van der Waals surface area (Å²) in [4.78, 5) is 0. The van der Waals surface area contributed by atoms with Gasteiger partial charge in [-0.05, 0) is 24.5 Å². The Balaban J connectivity index is 2.22. The van der Waals surface area contributed by atoms with Crippen LogP contribution < -0.4 is 5.32 Å². The zero-order valence-corrected chi connectivity index (χ0v) is 11.7. The highest BCUT2D eigenvalue weighted by atomic mass is 16.5. The second-order valence-corrected chi connectivity index (χ2v) is 5.03. The minimum absolute atomic E-state index is 0.304. The molecule has 0 aromatic heterocycles. The van der Waals surface area contributed by atoms with Crippen LogP contribution in [0.25, 0.3) is 12.2 Å². The van der Waals surface area contributed by atoms with Gasteiger partial charge in [-0.3, -0.25) is 0 Å². The van der Waals surface area contributed by atoms with Crippen molar-refractivity contribution < 1.29 is 4.74 Å². The summed E-state index contributed by atoms with van der Waals surface area (Å²) in [6, 6.07) is 6.60. The smallest absolute Gasteiger partial charge is 0.0772 e. The van der Waals surface area contributed by atoms with Crippen molar-refractivity contribution in [3.63, 3.8) is 0 Å². The maximum absolute atomic E-state index is 5.60. The van der Waals surface area contributed by atoms with Crippen LogP contribution in [0.4, 0.5) is 5.69 Å². The van der Waals surface area contributed by atoms with E-state index in [4.69, 9.17) is 4.74 Å². The highest BCUT2D eigenvalue weighted by Gasteiger charge is 2.25. The Hall–Kier alpha value is -1.54. The Bertz CT molecular complexity index is 453. The summed E-state index contributed by atoms with van der Waals surface area (Å²) in [6.45, 7) is 7.77. The molecule has 2 heteroatoms. The largest absolute Gasteiger partial charge is 0.379 e. The second-order valence-electron chi connectivity index (χ2n) is 5.03. The predicted octanol–water partition coefficient (Wildman–Crippen LogP) is 4.34. The number of methoxy groups -OCH3 is 1. The molecule has 2 atom stereocenters. The zero-order chi connectivity index (χ0) is 13.7. The second kappa shape index (κ2) is 6.58. The molecule has 0 radical (unpaired) electrons. The van der Waals surface area contributed by atoms with Crippen LogP contribution in [0.2, 0.25) is 0 Å². The quantitative estimate of drug-likeness (QED) is 0.847. The summed E-state index contributed by atoms with van der Waals surface area (Å²) in [5.74, 6) is 0. The van der Waals surface area contributed by atoms with E-state index in [0.29, 0.717) is 12.1 Å². The van der Waals surface area contributed by atoms with Gasteiger partial charge in [0.15, 0.2) is 0 Å². The van der Waals surface area contributed by atoms with Gasteiger partial charge in [-0.25, -0.2) is 0 Å². The van der Waals surface area contributed by atoms with E-state index in [1.54, 1.807) is 7.11 Å². The van der Waals surface area contributed by atoms with Crippen LogP contribution in [0.5, 0.6) is 0 Å². The Labute approximate surface area is 116 Å². The monoisotopic (exact) mass is 257 g/mol. The number of ether oxygens (including phenoxy) is 1. The molecule has 2 rings (SSSR count). The number of anilines is 1. The van der Waals surface area contributed by atoms with Crippen LogP contribution in [0, 0.1) is 0 Å². The maximum atomic E-state index is 5.60. The van der Waals surface area contributed by atoms with Crippen LogP contribution >= 0.6 is 0 Å². The first-order valence-corrected chi connectivity index (χ1v) is 6.97. The normalized spacial score (nSPS) is 22.8. The van der Waals surface area contributed by atoms with E-state index < -0.39 is 0 Å². The molecule has 1 aliphatic carbocycles. The molecular formula is C17H23NO. The van der Waals surface area contributed by atoms with E-state index in [-0.39, 0.29) is 0 Å². The molecule has 2 unspecified atom stereocenters. The van der Waals surface area contributed by atoms with Crippen LogP contribution in [0.1, 0.15) is 36.8 Å². The molecule has 0 saturated heterocycles. The number of hydrogen-bond acceptors (Lipinski definition) is 2. The van der Waals surface area contributed by atoms with Gasteiger partial charge in [0, 0.05) is 18.4 Å². The average Bonchev–Trinajstić information content (AvgIpc) is 2.47. The lowest BCUT2D eigenvalue weighted by atomic mass is 9.91. The SMILES string of the molecule is C=Cc1cccc(NC2CCCCC2OC)c1C=C. The minimum atomic E-state index is 0.304. The Kier molecular flexibility index (Phi) is 4.80. The van der Waals surface area contributed by atoms with Crippen LogP contribution in [0.15, 0.2) is 31.4 Å². The standard InChI is InChI=1S/C17H23NO/c1-4-13-9-8-11-15(14(13)5-2)18-16-10-6-7-12-17(16)19-3/h4-5,8-9,11,16-18H,1-2,6-7,10,12H2,3H3. The molecule has 102 valence electrons. The zero-order valence-electron chi connectivity index (χ0n) is 11.7. The Morgan fingerprint density at radius 3 is 2.68 bits per heavy atom. The van der Waals surface area contributed by atoms with Crippen molar-refractivity contribution in [3.8, 4) is 0 Å². The first kappa shape index (κ1) is 13.9. The fourth-order valence-corrected chi connectivity index (χ4v) is 2.86. The van der Waals surface area contributed by atoms with Crippen molar-refractivity contribution >= 4 is 17.8 Å². The molecule has 0 aliphatic heterocycles. The minimum Gasteiger partial charge on any atom is -0.379 e. The van der Waals surface area contributed by atoms with E-state index in [1.807, 2.05) is 12.2 Å². The summed E-state index contributed by atoms with van der Waals surface area (Å²) in [6.07, 6.45) is 8.89. The van der Waals surface area contributed by atoms with Crippen molar-refractivity contribution in [3.05, 3.63) is 42.5 Å². The molecule has 2 nitrogen and oxygen atoms in total. The van der Waals surface area contributed by atoms with Crippen molar-refractivity contribution in [1.82, 2.24) is 0 Å². The van der Waals surface area contributed by atoms with Crippen molar-refractivity contribution in [1.29, 1.82) is 0 Å². The summed E-state index contributed by atoms with van der Waals surface area (Å²) < 4.78 is 5.60. The fraction of sp³-hybridized carbons (Fsp3) is 0.412. The summed E-state index contributed by atoms with van der Waals surface area (Å²) in [5, 5.41) is 3.63. The van der Waals surface area contributed by atoms with Gasteiger partial charge in [0.05, 0.1) is 12.1 Å². The van der Waals surface area contributed by atoms with Gasteiger partial charge in [-0.15, -0.1) is 0 Å². The number of benzene rings is 1. The van der Waals surface area contributed by atoms with E-state index in [9.17, 15) is 0 Å². The molecular weight excluding hydrogens is 234 g/mol. The van der Waals surface area contributed by atoms with E-state index in [1.165, 1.54) is 12.8 Å². The average molecular weight is 257 g/mol. The van der Waals surface area contributed by atoms with Gasteiger partial charge < -0.3 is 10.1 Å². The topological polar surface area (TPSA) is 21.3 Å². The molecule has 1 fully saturated rings. The number of hydrogen-bond donors (Lipinski definition) is 1.